The van der Waals surface area contributed by atoms with E-state index < -0.39 is 17.3 Å². The van der Waals surface area contributed by atoms with E-state index in [-0.39, 0.29) is 18.1 Å². The van der Waals surface area contributed by atoms with Gasteiger partial charge in [0.05, 0.1) is 5.41 Å². The summed E-state index contributed by atoms with van der Waals surface area (Å²) in [5.41, 5.74) is -0.368. The van der Waals surface area contributed by atoms with Crippen LogP contribution in [0.2, 0.25) is 0 Å². The Bertz CT molecular complexity index is 762. The molecule has 2 aromatic rings. The lowest BCUT2D eigenvalue weighted by molar-refractivity contribution is -0.154. The van der Waals surface area contributed by atoms with Crippen LogP contribution in [0.25, 0.3) is 11.3 Å². The standard InChI is InChI=1S/C18H18FNO5/c19-13-3-1-12(2-4-13)14-5-6-15(25-14)16(21)20-11-18(17(22)23)7-9-24-10-8-18/h1-6H,7-11H2,(H,20,21)(H,22,23). The molecule has 1 aromatic heterocycles. The molecule has 1 aliphatic heterocycles. The van der Waals surface area contributed by atoms with E-state index in [1.807, 2.05) is 0 Å². The van der Waals surface area contributed by atoms with E-state index in [9.17, 15) is 19.1 Å². The Morgan fingerprint density at radius 2 is 1.80 bits per heavy atom. The van der Waals surface area contributed by atoms with Crippen LogP contribution in [0.5, 0.6) is 0 Å². The minimum Gasteiger partial charge on any atom is -0.481 e. The van der Waals surface area contributed by atoms with Crippen molar-refractivity contribution >= 4 is 11.9 Å². The zero-order valence-electron chi connectivity index (χ0n) is 13.5. The number of rotatable bonds is 5. The van der Waals surface area contributed by atoms with Crippen molar-refractivity contribution in [3.63, 3.8) is 0 Å². The lowest BCUT2D eigenvalue weighted by atomic mass is 9.80. The number of carboxylic acids is 1. The highest BCUT2D eigenvalue weighted by molar-refractivity contribution is 5.92. The Labute approximate surface area is 143 Å². The van der Waals surface area contributed by atoms with Gasteiger partial charge in [-0.1, -0.05) is 0 Å². The molecule has 0 aliphatic carbocycles. The van der Waals surface area contributed by atoms with Gasteiger partial charge >= 0.3 is 5.97 Å². The molecule has 0 bridgehead atoms. The predicted octanol–water partition coefficient (Wildman–Crippen LogP) is 2.70. The number of hydrogen-bond acceptors (Lipinski definition) is 4. The van der Waals surface area contributed by atoms with Gasteiger partial charge in [-0.05, 0) is 49.2 Å². The number of halogens is 1. The molecule has 1 amide bonds. The number of furan rings is 1. The molecule has 6 nitrogen and oxygen atoms in total. The Morgan fingerprint density at radius 3 is 2.44 bits per heavy atom. The van der Waals surface area contributed by atoms with Gasteiger partial charge in [0.25, 0.3) is 5.91 Å². The van der Waals surface area contributed by atoms with Gasteiger partial charge < -0.3 is 19.6 Å². The molecule has 1 aliphatic rings. The summed E-state index contributed by atoms with van der Waals surface area (Å²) in [6, 6.07) is 8.84. The summed E-state index contributed by atoms with van der Waals surface area (Å²) in [5.74, 6) is -1.28. The molecule has 0 radical (unpaired) electrons. The third-order valence-electron chi connectivity index (χ3n) is 4.45. The van der Waals surface area contributed by atoms with Crippen molar-refractivity contribution < 1.29 is 28.2 Å². The first kappa shape index (κ1) is 17.2. The quantitative estimate of drug-likeness (QED) is 0.868. The van der Waals surface area contributed by atoms with Crippen LogP contribution in [0.3, 0.4) is 0 Å². The van der Waals surface area contributed by atoms with Gasteiger partial charge in [0, 0.05) is 25.3 Å². The number of benzene rings is 1. The van der Waals surface area contributed by atoms with Gasteiger partial charge in [0.15, 0.2) is 5.76 Å². The van der Waals surface area contributed by atoms with Crippen molar-refractivity contribution in [3.05, 3.63) is 48.0 Å². The van der Waals surface area contributed by atoms with Gasteiger partial charge in [-0.25, -0.2) is 4.39 Å². The van der Waals surface area contributed by atoms with Crippen LogP contribution in [0, 0.1) is 11.2 Å². The van der Waals surface area contributed by atoms with E-state index >= 15 is 0 Å². The fourth-order valence-electron chi connectivity index (χ4n) is 2.79. The second kappa shape index (κ2) is 7.06. The zero-order chi connectivity index (χ0) is 17.9. The van der Waals surface area contributed by atoms with Crippen molar-refractivity contribution in [2.24, 2.45) is 5.41 Å². The first-order valence-electron chi connectivity index (χ1n) is 7.95. The van der Waals surface area contributed by atoms with Crippen molar-refractivity contribution in [2.45, 2.75) is 12.8 Å². The van der Waals surface area contributed by atoms with E-state index in [2.05, 4.69) is 5.32 Å². The number of aliphatic carboxylic acids is 1. The average molecular weight is 347 g/mol. The molecule has 0 atom stereocenters. The van der Waals surface area contributed by atoms with E-state index in [1.165, 1.54) is 18.2 Å². The summed E-state index contributed by atoms with van der Waals surface area (Å²) in [7, 11) is 0. The lowest BCUT2D eigenvalue weighted by Gasteiger charge is -2.32. The Balaban J connectivity index is 1.67. The molecule has 132 valence electrons. The Hall–Kier alpha value is -2.67. The van der Waals surface area contributed by atoms with Crippen molar-refractivity contribution in [2.75, 3.05) is 19.8 Å². The summed E-state index contributed by atoms with van der Waals surface area (Å²) in [6.45, 7) is 0.729. The summed E-state index contributed by atoms with van der Waals surface area (Å²) >= 11 is 0. The molecule has 0 saturated carbocycles. The predicted molar refractivity (Wildman–Crippen MR) is 86.6 cm³/mol. The minimum atomic E-state index is -1.01. The van der Waals surface area contributed by atoms with Crippen LogP contribution in [0.1, 0.15) is 23.4 Å². The smallest absolute Gasteiger partial charge is 0.311 e. The van der Waals surface area contributed by atoms with Gasteiger partial charge in [0.1, 0.15) is 11.6 Å². The average Bonchev–Trinajstić information content (AvgIpc) is 3.11. The molecule has 1 fully saturated rings. The molecule has 0 unspecified atom stereocenters. The zero-order valence-corrected chi connectivity index (χ0v) is 13.5. The van der Waals surface area contributed by atoms with Crippen LogP contribution < -0.4 is 5.32 Å². The molecule has 1 aromatic carbocycles. The molecular weight excluding hydrogens is 329 g/mol. The highest BCUT2D eigenvalue weighted by atomic mass is 19.1. The monoisotopic (exact) mass is 347 g/mol. The van der Waals surface area contributed by atoms with Gasteiger partial charge in [-0.15, -0.1) is 0 Å². The summed E-state index contributed by atoms with van der Waals surface area (Å²) in [5, 5.41) is 12.1. The van der Waals surface area contributed by atoms with Crippen molar-refractivity contribution in [3.8, 4) is 11.3 Å². The molecule has 0 spiro atoms. The molecular formula is C18H18FNO5. The molecule has 2 N–H and O–H groups in total. The summed E-state index contributed by atoms with van der Waals surface area (Å²) < 4.78 is 23.7. The maximum absolute atomic E-state index is 13.0. The number of carbonyl (C=O) groups is 2. The topological polar surface area (TPSA) is 88.8 Å². The molecule has 2 heterocycles. The van der Waals surface area contributed by atoms with Gasteiger partial charge in [-0.2, -0.15) is 0 Å². The summed E-state index contributed by atoms with van der Waals surface area (Å²) in [6.07, 6.45) is 0.698. The third kappa shape index (κ3) is 3.71. The maximum atomic E-state index is 13.0. The SMILES string of the molecule is O=C(NCC1(C(=O)O)CCOCC1)c1ccc(-c2ccc(F)cc2)o1. The third-order valence-corrected chi connectivity index (χ3v) is 4.45. The number of amides is 1. The van der Waals surface area contributed by atoms with E-state index in [0.29, 0.717) is 37.4 Å². The van der Waals surface area contributed by atoms with Crippen LogP contribution in [-0.4, -0.2) is 36.7 Å². The van der Waals surface area contributed by atoms with Crippen molar-refractivity contribution in [1.82, 2.24) is 5.32 Å². The fraction of sp³-hybridized carbons (Fsp3) is 0.333. The van der Waals surface area contributed by atoms with E-state index in [1.54, 1.807) is 18.2 Å². The highest BCUT2D eigenvalue weighted by Gasteiger charge is 2.40. The van der Waals surface area contributed by atoms with E-state index in [0.717, 1.165) is 0 Å². The normalized spacial score (nSPS) is 16.4. The maximum Gasteiger partial charge on any atom is 0.311 e. The molecule has 25 heavy (non-hydrogen) atoms. The highest BCUT2D eigenvalue weighted by Crippen LogP contribution is 2.30. The van der Waals surface area contributed by atoms with Crippen LogP contribution in [0.4, 0.5) is 4.39 Å². The van der Waals surface area contributed by atoms with Gasteiger partial charge in [0.2, 0.25) is 0 Å². The van der Waals surface area contributed by atoms with Gasteiger partial charge in [-0.3, -0.25) is 9.59 Å². The number of carbonyl (C=O) groups excluding carboxylic acids is 1. The lowest BCUT2D eigenvalue weighted by Crippen LogP contribution is -2.46. The number of hydrogen-bond donors (Lipinski definition) is 2. The van der Waals surface area contributed by atoms with E-state index in [4.69, 9.17) is 9.15 Å². The Morgan fingerprint density at radius 1 is 1.12 bits per heavy atom. The number of carboxylic acid groups (broad SMARTS) is 1. The molecule has 7 heteroatoms. The Kier molecular flexibility index (Phi) is 4.85. The van der Waals surface area contributed by atoms with Crippen LogP contribution >= 0.6 is 0 Å². The van der Waals surface area contributed by atoms with Crippen LogP contribution in [0.15, 0.2) is 40.8 Å². The second-order valence-corrected chi connectivity index (χ2v) is 6.05. The number of nitrogens with one attached hydrogen (secondary N) is 1. The van der Waals surface area contributed by atoms with Crippen molar-refractivity contribution in [1.29, 1.82) is 0 Å². The first-order chi connectivity index (χ1) is 12.0. The minimum absolute atomic E-state index is 0.0110. The second-order valence-electron chi connectivity index (χ2n) is 6.05. The first-order valence-corrected chi connectivity index (χ1v) is 7.95. The molecule has 1 saturated heterocycles. The summed E-state index contributed by atoms with van der Waals surface area (Å²) in [4.78, 5) is 23.8. The van der Waals surface area contributed by atoms with Crippen LogP contribution in [-0.2, 0) is 9.53 Å². The number of ether oxygens (including phenoxy) is 1. The largest absolute Gasteiger partial charge is 0.481 e. The molecule has 3 rings (SSSR count). The fourth-order valence-corrected chi connectivity index (χ4v) is 2.79.